The largest absolute Gasteiger partial charge is 0.494 e. The van der Waals surface area contributed by atoms with Gasteiger partial charge in [-0.2, -0.15) is 0 Å². The molecule has 0 aliphatic rings. The molecule has 1 aromatic rings. The van der Waals surface area contributed by atoms with E-state index in [0.717, 1.165) is 25.3 Å². The Morgan fingerprint density at radius 3 is 2.50 bits per heavy atom. The molecule has 16 heavy (non-hydrogen) atoms. The first-order valence-corrected chi connectivity index (χ1v) is 6.15. The number of rotatable bonds is 7. The summed E-state index contributed by atoms with van der Waals surface area (Å²) in [4.78, 5) is 0. The molecule has 0 saturated carbocycles. The molecule has 0 aliphatic carbocycles. The molecule has 0 aromatic heterocycles. The first kappa shape index (κ1) is 13.0. The molecule has 1 rings (SSSR count). The van der Waals surface area contributed by atoms with Gasteiger partial charge in [0.05, 0.1) is 6.61 Å². The third kappa shape index (κ3) is 4.23. The summed E-state index contributed by atoms with van der Waals surface area (Å²) in [7, 11) is 1.99. The van der Waals surface area contributed by atoms with Crippen molar-refractivity contribution in [1.82, 2.24) is 5.32 Å². The summed E-state index contributed by atoms with van der Waals surface area (Å²) in [5, 5.41) is 3.18. The highest BCUT2D eigenvalue weighted by molar-refractivity contribution is 5.29. The first-order chi connectivity index (χ1) is 7.77. The van der Waals surface area contributed by atoms with E-state index >= 15 is 0 Å². The van der Waals surface area contributed by atoms with Crippen LogP contribution in [0.1, 0.15) is 38.2 Å². The van der Waals surface area contributed by atoms with Gasteiger partial charge in [0.1, 0.15) is 5.75 Å². The van der Waals surface area contributed by atoms with Gasteiger partial charge in [0.2, 0.25) is 0 Å². The molecule has 1 aromatic carbocycles. The molecule has 0 fully saturated rings. The van der Waals surface area contributed by atoms with Crippen LogP contribution in [0.3, 0.4) is 0 Å². The number of nitrogens with one attached hydrogen (secondary N) is 1. The quantitative estimate of drug-likeness (QED) is 0.763. The summed E-state index contributed by atoms with van der Waals surface area (Å²) in [6.45, 7) is 6.25. The van der Waals surface area contributed by atoms with Gasteiger partial charge >= 0.3 is 0 Å². The highest BCUT2D eigenvalue weighted by atomic mass is 16.5. The first-order valence-electron chi connectivity index (χ1n) is 6.15. The van der Waals surface area contributed by atoms with Crippen molar-refractivity contribution in [2.75, 3.05) is 20.2 Å². The molecule has 0 amide bonds. The second-order valence-electron chi connectivity index (χ2n) is 4.21. The maximum Gasteiger partial charge on any atom is 0.119 e. The lowest BCUT2D eigenvalue weighted by Crippen LogP contribution is -2.10. The van der Waals surface area contributed by atoms with Crippen LogP contribution in [0.25, 0.3) is 0 Å². The van der Waals surface area contributed by atoms with Crippen molar-refractivity contribution < 1.29 is 4.74 Å². The van der Waals surface area contributed by atoms with Gasteiger partial charge in [-0.25, -0.2) is 0 Å². The van der Waals surface area contributed by atoms with Crippen LogP contribution in [0.5, 0.6) is 5.75 Å². The standard InChI is InChI=1S/C14H23NO/c1-4-11-16-14-7-5-13(6-8-14)12(2)9-10-15-3/h5-8,12,15H,4,9-11H2,1-3H3. The molecule has 0 bridgehead atoms. The maximum atomic E-state index is 5.56. The zero-order valence-corrected chi connectivity index (χ0v) is 10.6. The highest BCUT2D eigenvalue weighted by Crippen LogP contribution is 2.21. The zero-order chi connectivity index (χ0) is 11.8. The number of hydrogen-bond acceptors (Lipinski definition) is 2. The van der Waals surface area contributed by atoms with Gasteiger partial charge in [-0.3, -0.25) is 0 Å². The van der Waals surface area contributed by atoms with Gasteiger partial charge in [-0.1, -0.05) is 26.0 Å². The summed E-state index contributed by atoms with van der Waals surface area (Å²) in [5.41, 5.74) is 1.39. The van der Waals surface area contributed by atoms with Crippen molar-refractivity contribution in [3.05, 3.63) is 29.8 Å². The van der Waals surface area contributed by atoms with Crippen LogP contribution in [-0.2, 0) is 0 Å². The third-order valence-electron chi connectivity index (χ3n) is 2.75. The molecule has 2 heteroatoms. The van der Waals surface area contributed by atoms with Gasteiger partial charge in [-0.05, 0) is 50.0 Å². The molecule has 1 N–H and O–H groups in total. The molecule has 0 radical (unpaired) electrons. The molecule has 1 unspecified atom stereocenters. The van der Waals surface area contributed by atoms with E-state index in [1.165, 1.54) is 12.0 Å². The normalized spacial score (nSPS) is 12.4. The van der Waals surface area contributed by atoms with Crippen LogP contribution >= 0.6 is 0 Å². The Morgan fingerprint density at radius 2 is 1.94 bits per heavy atom. The monoisotopic (exact) mass is 221 g/mol. The van der Waals surface area contributed by atoms with Crippen LogP contribution in [0.4, 0.5) is 0 Å². The van der Waals surface area contributed by atoms with Crippen LogP contribution in [0.15, 0.2) is 24.3 Å². The molecule has 0 spiro atoms. The van der Waals surface area contributed by atoms with Crippen molar-refractivity contribution in [2.45, 2.75) is 32.6 Å². The average Bonchev–Trinajstić information content (AvgIpc) is 2.34. The van der Waals surface area contributed by atoms with Crippen molar-refractivity contribution >= 4 is 0 Å². The fourth-order valence-electron chi connectivity index (χ4n) is 1.64. The molecular weight excluding hydrogens is 198 g/mol. The molecule has 0 saturated heterocycles. The van der Waals surface area contributed by atoms with Crippen molar-refractivity contribution in [3.8, 4) is 5.75 Å². The Labute approximate surface area is 99.0 Å². The Morgan fingerprint density at radius 1 is 1.25 bits per heavy atom. The fraction of sp³-hybridized carbons (Fsp3) is 0.571. The summed E-state index contributed by atoms with van der Waals surface area (Å²) >= 11 is 0. The second kappa shape index (κ2) is 7.29. The lowest BCUT2D eigenvalue weighted by atomic mass is 9.98. The molecule has 90 valence electrons. The van der Waals surface area contributed by atoms with Gasteiger partial charge < -0.3 is 10.1 Å². The smallest absolute Gasteiger partial charge is 0.119 e. The minimum absolute atomic E-state index is 0.604. The van der Waals surface area contributed by atoms with Crippen molar-refractivity contribution in [3.63, 3.8) is 0 Å². The third-order valence-corrected chi connectivity index (χ3v) is 2.75. The van der Waals surface area contributed by atoms with Gasteiger partial charge in [0, 0.05) is 0 Å². The Hall–Kier alpha value is -1.02. The average molecular weight is 221 g/mol. The lowest BCUT2D eigenvalue weighted by Gasteiger charge is -2.12. The van der Waals surface area contributed by atoms with E-state index in [0.29, 0.717) is 5.92 Å². The van der Waals surface area contributed by atoms with Crippen LogP contribution < -0.4 is 10.1 Å². The van der Waals surface area contributed by atoms with E-state index in [9.17, 15) is 0 Å². The molecular formula is C14H23NO. The predicted molar refractivity (Wildman–Crippen MR) is 69.2 cm³/mol. The fourth-order valence-corrected chi connectivity index (χ4v) is 1.64. The Bertz CT molecular complexity index is 281. The van der Waals surface area contributed by atoms with Crippen LogP contribution in [-0.4, -0.2) is 20.2 Å². The van der Waals surface area contributed by atoms with E-state index < -0.39 is 0 Å². The topological polar surface area (TPSA) is 21.3 Å². The lowest BCUT2D eigenvalue weighted by molar-refractivity contribution is 0.317. The highest BCUT2D eigenvalue weighted by Gasteiger charge is 2.04. The van der Waals surface area contributed by atoms with E-state index in [-0.39, 0.29) is 0 Å². The minimum Gasteiger partial charge on any atom is -0.494 e. The Balaban J connectivity index is 2.49. The van der Waals surface area contributed by atoms with E-state index in [2.05, 4.69) is 43.4 Å². The summed E-state index contributed by atoms with van der Waals surface area (Å²) < 4.78 is 5.56. The molecule has 0 aliphatic heterocycles. The van der Waals surface area contributed by atoms with Gasteiger partial charge in [0.25, 0.3) is 0 Å². The molecule has 0 heterocycles. The number of ether oxygens (including phenoxy) is 1. The minimum atomic E-state index is 0.604. The van der Waals surface area contributed by atoms with Crippen LogP contribution in [0.2, 0.25) is 0 Å². The van der Waals surface area contributed by atoms with Gasteiger partial charge in [-0.15, -0.1) is 0 Å². The summed E-state index contributed by atoms with van der Waals surface area (Å²) in [5.74, 6) is 1.58. The van der Waals surface area contributed by atoms with Crippen molar-refractivity contribution in [2.24, 2.45) is 0 Å². The van der Waals surface area contributed by atoms with Crippen molar-refractivity contribution in [1.29, 1.82) is 0 Å². The van der Waals surface area contributed by atoms with E-state index in [1.807, 2.05) is 7.05 Å². The van der Waals surface area contributed by atoms with Crippen LogP contribution in [0, 0.1) is 0 Å². The second-order valence-corrected chi connectivity index (χ2v) is 4.21. The van der Waals surface area contributed by atoms with Gasteiger partial charge in [0.15, 0.2) is 0 Å². The predicted octanol–water partition coefficient (Wildman–Crippen LogP) is 3.19. The Kier molecular flexibility index (Phi) is 5.94. The number of hydrogen-bond donors (Lipinski definition) is 1. The van der Waals surface area contributed by atoms with E-state index in [4.69, 9.17) is 4.74 Å². The zero-order valence-electron chi connectivity index (χ0n) is 10.6. The van der Waals surface area contributed by atoms with E-state index in [1.54, 1.807) is 0 Å². The number of benzene rings is 1. The summed E-state index contributed by atoms with van der Waals surface area (Å²) in [6, 6.07) is 8.48. The molecule has 2 nitrogen and oxygen atoms in total. The SMILES string of the molecule is CCCOc1ccc(C(C)CCNC)cc1. The maximum absolute atomic E-state index is 5.56. The summed E-state index contributed by atoms with van der Waals surface area (Å²) in [6.07, 6.45) is 2.23. The molecule has 1 atom stereocenters.